The number of carbonyl (C=O) groups excluding carboxylic acids is 2. The number of amides is 2. The fraction of sp³-hybridized carbons (Fsp3) is 0.333. The van der Waals surface area contributed by atoms with Gasteiger partial charge in [-0.25, -0.2) is 0 Å². The Balaban J connectivity index is 0. The van der Waals surface area contributed by atoms with Crippen LogP contribution in [0.4, 0.5) is 11.4 Å². The lowest BCUT2D eigenvalue weighted by molar-refractivity contribution is -0.384. The van der Waals surface area contributed by atoms with E-state index in [1.54, 1.807) is 12.1 Å². The fourth-order valence-corrected chi connectivity index (χ4v) is 1.24. The number of primary amides is 1. The van der Waals surface area contributed by atoms with Gasteiger partial charge < -0.3 is 15.8 Å². The first kappa shape index (κ1) is 19.9. The zero-order valence-corrected chi connectivity index (χ0v) is 11.7. The molecular weight excluding hydrogens is 266 g/mol. The van der Waals surface area contributed by atoms with E-state index in [-0.39, 0.29) is 24.4 Å². The molecule has 0 saturated carbocycles. The molecule has 0 aromatic heterocycles. The summed E-state index contributed by atoms with van der Waals surface area (Å²) in [6.07, 6.45) is 0.654. The van der Waals surface area contributed by atoms with Crippen LogP contribution in [0.5, 0.6) is 0 Å². The molecule has 1 aromatic rings. The number of hydrogen-bond donors (Lipinski definition) is 2. The van der Waals surface area contributed by atoms with Crippen LogP contribution in [0.2, 0.25) is 0 Å². The van der Waals surface area contributed by atoms with Crippen molar-refractivity contribution in [2.75, 3.05) is 12.4 Å². The third kappa shape index (κ3) is 7.07. The van der Waals surface area contributed by atoms with E-state index in [2.05, 4.69) is 11.1 Å². The summed E-state index contributed by atoms with van der Waals surface area (Å²) in [5.41, 5.74) is 4.77. The van der Waals surface area contributed by atoms with E-state index in [0.717, 1.165) is 0 Å². The maximum absolute atomic E-state index is 10.7. The first-order valence-corrected chi connectivity index (χ1v) is 5.73. The van der Waals surface area contributed by atoms with Crippen molar-refractivity contribution in [1.29, 1.82) is 0 Å². The maximum Gasteiger partial charge on any atom is 0.293 e. The molecule has 20 heavy (non-hydrogen) atoms. The SMILES string of the molecule is CC.COCc1cccc([N+](=O)[O-])c1NC=O.NC=O. The number of nitro groups is 1. The highest BCUT2D eigenvalue weighted by atomic mass is 16.6. The van der Waals surface area contributed by atoms with Crippen molar-refractivity contribution in [3.05, 3.63) is 33.9 Å². The number of nitrogens with zero attached hydrogens (tertiary/aromatic N) is 1. The number of rotatable bonds is 5. The van der Waals surface area contributed by atoms with Crippen LogP contribution >= 0.6 is 0 Å². The summed E-state index contributed by atoms with van der Waals surface area (Å²) >= 11 is 0. The predicted octanol–water partition coefficient (Wildman–Crippen LogP) is 1.44. The molecular formula is C12H19N3O5. The summed E-state index contributed by atoms with van der Waals surface area (Å²) in [5.74, 6) is 0. The number of methoxy groups -OCH3 is 1. The minimum atomic E-state index is -0.551. The largest absolute Gasteiger partial charge is 0.380 e. The van der Waals surface area contributed by atoms with Crippen LogP contribution in [-0.2, 0) is 20.9 Å². The van der Waals surface area contributed by atoms with Crippen LogP contribution < -0.4 is 11.1 Å². The molecule has 0 aliphatic rings. The highest BCUT2D eigenvalue weighted by Gasteiger charge is 2.16. The third-order valence-corrected chi connectivity index (χ3v) is 1.83. The van der Waals surface area contributed by atoms with Crippen LogP contribution in [0.25, 0.3) is 0 Å². The lowest BCUT2D eigenvalue weighted by Gasteiger charge is -2.07. The van der Waals surface area contributed by atoms with E-state index in [9.17, 15) is 14.9 Å². The number of anilines is 1. The zero-order valence-electron chi connectivity index (χ0n) is 11.7. The van der Waals surface area contributed by atoms with E-state index in [1.807, 2.05) is 13.8 Å². The minimum absolute atomic E-state index is 0.142. The van der Waals surface area contributed by atoms with Crippen molar-refractivity contribution in [2.24, 2.45) is 5.73 Å². The summed E-state index contributed by atoms with van der Waals surface area (Å²) in [5, 5.41) is 13.0. The number of benzene rings is 1. The maximum atomic E-state index is 10.7. The molecule has 0 fully saturated rings. The van der Waals surface area contributed by atoms with Crippen LogP contribution in [0.3, 0.4) is 0 Å². The topological polar surface area (TPSA) is 125 Å². The number of carbonyl (C=O) groups is 2. The molecule has 0 aliphatic carbocycles. The standard InChI is InChI=1S/C9H10N2O4.C2H6.CH3NO/c1-15-5-7-3-2-4-8(11(13)14)9(7)10-6-12;1-2;2-1-3/h2-4,6H,5H2,1H3,(H,10,12);1-2H3;1H,(H2,2,3). The van der Waals surface area contributed by atoms with Gasteiger partial charge in [0.1, 0.15) is 5.69 Å². The highest BCUT2D eigenvalue weighted by Crippen LogP contribution is 2.28. The summed E-state index contributed by atoms with van der Waals surface area (Å²) < 4.78 is 4.87. The summed E-state index contributed by atoms with van der Waals surface area (Å²) in [7, 11) is 1.48. The van der Waals surface area contributed by atoms with Gasteiger partial charge >= 0.3 is 0 Å². The molecule has 0 radical (unpaired) electrons. The first-order chi connectivity index (χ1) is 9.62. The first-order valence-electron chi connectivity index (χ1n) is 5.73. The molecule has 1 aromatic carbocycles. The van der Waals surface area contributed by atoms with E-state index in [0.29, 0.717) is 12.0 Å². The molecule has 8 heteroatoms. The Kier molecular flexibility index (Phi) is 12.9. The van der Waals surface area contributed by atoms with Crippen molar-refractivity contribution >= 4 is 24.2 Å². The van der Waals surface area contributed by atoms with E-state index >= 15 is 0 Å². The smallest absolute Gasteiger partial charge is 0.293 e. The fourth-order valence-electron chi connectivity index (χ4n) is 1.24. The molecule has 0 bridgehead atoms. The molecule has 2 amide bonds. The van der Waals surface area contributed by atoms with E-state index < -0.39 is 4.92 Å². The van der Waals surface area contributed by atoms with Gasteiger partial charge in [-0.3, -0.25) is 19.7 Å². The minimum Gasteiger partial charge on any atom is -0.380 e. The molecule has 0 heterocycles. The van der Waals surface area contributed by atoms with Gasteiger partial charge in [-0.2, -0.15) is 0 Å². The Bertz CT molecular complexity index is 424. The van der Waals surface area contributed by atoms with Gasteiger partial charge in [0, 0.05) is 18.7 Å². The molecule has 112 valence electrons. The Morgan fingerprint density at radius 2 is 1.95 bits per heavy atom. The van der Waals surface area contributed by atoms with Gasteiger partial charge in [0.25, 0.3) is 5.69 Å². The van der Waals surface area contributed by atoms with Crippen molar-refractivity contribution in [3.63, 3.8) is 0 Å². The third-order valence-electron chi connectivity index (χ3n) is 1.83. The molecule has 1 rings (SSSR count). The Morgan fingerprint density at radius 1 is 1.40 bits per heavy atom. The average molecular weight is 285 g/mol. The Labute approximate surface area is 117 Å². The predicted molar refractivity (Wildman–Crippen MR) is 75.1 cm³/mol. The van der Waals surface area contributed by atoms with Crippen LogP contribution in [0.1, 0.15) is 19.4 Å². The number of para-hydroxylation sites is 1. The molecule has 0 atom stereocenters. The monoisotopic (exact) mass is 285 g/mol. The zero-order chi connectivity index (χ0) is 16.0. The number of nitrogens with one attached hydrogen (secondary N) is 1. The highest BCUT2D eigenvalue weighted by molar-refractivity contribution is 5.80. The summed E-state index contributed by atoms with van der Waals surface area (Å²) in [6.45, 7) is 4.21. The number of ether oxygens (including phenoxy) is 1. The lowest BCUT2D eigenvalue weighted by atomic mass is 10.1. The number of nitro benzene ring substituents is 1. The van der Waals surface area contributed by atoms with Crippen molar-refractivity contribution in [1.82, 2.24) is 0 Å². The van der Waals surface area contributed by atoms with Gasteiger partial charge in [0.05, 0.1) is 11.5 Å². The summed E-state index contributed by atoms with van der Waals surface area (Å²) in [6, 6.07) is 4.52. The van der Waals surface area contributed by atoms with Gasteiger partial charge in [-0.15, -0.1) is 0 Å². The Hall–Kier alpha value is -2.48. The second kappa shape index (κ2) is 13.0. The van der Waals surface area contributed by atoms with E-state index in [1.165, 1.54) is 13.2 Å². The van der Waals surface area contributed by atoms with Crippen LogP contribution in [-0.4, -0.2) is 24.9 Å². The molecule has 0 spiro atoms. The quantitative estimate of drug-likeness (QED) is 0.481. The van der Waals surface area contributed by atoms with Gasteiger partial charge in [0.15, 0.2) is 0 Å². The normalized spacial score (nSPS) is 8.15. The van der Waals surface area contributed by atoms with E-state index in [4.69, 9.17) is 9.53 Å². The Morgan fingerprint density at radius 3 is 2.35 bits per heavy atom. The van der Waals surface area contributed by atoms with Crippen molar-refractivity contribution < 1.29 is 19.2 Å². The molecule has 8 nitrogen and oxygen atoms in total. The van der Waals surface area contributed by atoms with Gasteiger partial charge in [0.2, 0.25) is 12.8 Å². The van der Waals surface area contributed by atoms with Gasteiger partial charge in [-0.05, 0) is 0 Å². The second-order valence-electron chi connectivity index (χ2n) is 2.90. The molecule has 3 N–H and O–H groups in total. The van der Waals surface area contributed by atoms with Crippen molar-refractivity contribution in [3.8, 4) is 0 Å². The molecule has 0 unspecified atom stereocenters. The number of nitrogens with two attached hydrogens (primary N) is 1. The lowest BCUT2D eigenvalue weighted by Crippen LogP contribution is -2.04. The van der Waals surface area contributed by atoms with Crippen LogP contribution in [0.15, 0.2) is 18.2 Å². The number of hydrogen-bond acceptors (Lipinski definition) is 5. The van der Waals surface area contributed by atoms with Gasteiger partial charge in [-0.1, -0.05) is 26.0 Å². The second-order valence-corrected chi connectivity index (χ2v) is 2.90. The average Bonchev–Trinajstić information content (AvgIpc) is 2.44. The molecule has 0 saturated heterocycles. The summed E-state index contributed by atoms with van der Waals surface area (Å²) in [4.78, 5) is 29.0. The van der Waals surface area contributed by atoms with Crippen LogP contribution in [0, 0.1) is 10.1 Å². The van der Waals surface area contributed by atoms with Crippen molar-refractivity contribution in [2.45, 2.75) is 20.5 Å². The molecule has 0 aliphatic heterocycles.